The summed E-state index contributed by atoms with van der Waals surface area (Å²) in [5.41, 5.74) is 0. The molecule has 0 radical (unpaired) electrons. The molecule has 1 aliphatic rings. The normalized spacial score (nSPS) is 22.5. The van der Waals surface area contributed by atoms with Crippen molar-refractivity contribution in [1.82, 2.24) is 15.0 Å². The van der Waals surface area contributed by atoms with Crippen LogP contribution in [0.4, 0.5) is 8.78 Å². The predicted octanol–water partition coefficient (Wildman–Crippen LogP) is 2.21. The Balaban J connectivity index is 1.94. The first kappa shape index (κ1) is 10.8. The fraction of sp³-hybridized carbons (Fsp3) is 0.571. The average Bonchev–Trinajstić information content (AvgIpc) is 2.69. The zero-order valence-electron chi connectivity index (χ0n) is 7.25. The van der Waals surface area contributed by atoms with Gasteiger partial charge in [-0.2, -0.15) is 15.0 Å². The number of ether oxygens (including phenoxy) is 1. The molecule has 0 bridgehead atoms. The Morgan fingerprint density at radius 3 is 2.27 bits per heavy atom. The Hall–Kier alpha value is -0.750. The van der Waals surface area contributed by atoms with Gasteiger partial charge in [0.1, 0.15) is 6.61 Å². The number of aromatic nitrogens is 3. The lowest BCUT2D eigenvalue weighted by Gasteiger charge is -2.03. The van der Waals surface area contributed by atoms with E-state index in [2.05, 4.69) is 15.0 Å². The van der Waals surface area contributed by atoms with Crippen LogP contribution >= 0.6 is 23.2 Å². The largest absolute Gasteiger partial charge is 0.463 e. The summed E-state index contributed by atoms with van der Waals surface area (Å²) in [5, 5.41) is -0.264. The molecule has 0 N–H and O–H groups in total. The fourth-order valence-electron chi connectivity index (χ4n) is 0.999. The van der Waals surface area contributed by atoms with E-state index >= 15 is 0 Å². The van der Waals surface area contributed by atoms with Gasteiger partial charge in [0.2, 0.25) is 10.6 Å². The second kappa shape index (κ2) is 3.68. The minimum Gasteiger partial charge on any atom is -0.463 e. The summed E-state index contributed by atoms with van der Waals surface area (Å²) in [6.07, 6.45) is -0.167. The maximum atomic E-state index is 12.5. The number of hydrogen-bond donors (Lipinski definition) is 0. The Labute approximate surface area is 93.6 Å². The van der Waals surface area contributed by atoms with Crippen molar-refractivity contribution >= 4 is 23.2 Å². The quantitative estimate of drug-likeness (QED) is 0.831. The van der Waals surface area contributed by atoms with Crippen LogP contribution in [0.15, 0.2) is 0 Å². The van der Waals surface area contributed by atoms with Crippen LogP contribution in [0.25, 0.3) is 0 Å². The molecule has 8 heteroatoms. The molecule has 1 saturated carbocycles. The SMILES string of the molecule is FC1(F)CC1COc1nc(Cl)nc(Cl)n1. The molecule has 0 saturated heterocycles. The molecule has 0 spiro atoms. The summed E-state index contributed by atoms with van der Waals surface area (Å²) < 4.78 is 29.9. The molecule has 2 rings (SSSR count). The lowest BCUT2D eigenvalue weighted by atomic mass is 10.4. The minimum atomic E-state index is -2.62. The lowest BCUT2D eigenvalue weighted by molar-refractivity contribution is 0.0842. The van der Waals surface area contributed by atoms with Crippen molar-refractivity contribution < 1.29 is 13.5 Å². The van der Waals surface area contributed by atoms with Crippen LogP contribution in [0.5, 0.6) is 6.01 Å². The third-order valence-corrected chi connectivity index (χ3v) is 2.27. The second-order valence-electron chi connectivity index (χ2n) is 3.13. The van der Waals surface area contributed by atoms with Gasteiger partial charge in [-0.3, -0.25) is 0 Å². The average molecular weight is 256 g/mol. The Bertz CT molecular complexity index is 370. The van der Waals surface area contributed by atoms with Gasteiger partial charge in [-0.25, -0.2) is 8.78 Å². The molecule has 1 aromatic heterocycles. The van der Waals surface area contributed by atoms with E-state index in [0.717, 1.165) is 0 Å². The van der Waals surface area contributed by atoms with Gasteiger partial charge in [0, 0.05) is 6.42 Å². The number of nitrogens with zero attached hydrogens (tertiary/aromatic N) is 3. The first-order valence-electron chi connectivity index (χ1n) is 4.05. The molecule has 1 heterocycles. The number of hydrogen-bond acceptors (Lipinski definition) is 4. The molecular weight excluding hydrogens is 251 g/mol. The first-order valence-corrected chi connectivity index (χ1v) is 4.81. The lowest BCUT2D eigenvalue weighted by Crippen LogP contribution is -2.08. The van der Waals surface area contributed by atoms with Crippen molar-refractivity contribution in [3.8, 4) is 6.01 Å². The molecule has 82 valence electrons. The van der Waals surface area contributed by atoms with E-state index < -0.39 is 11.8 Å². The molecule has 1 unspecified atom stereocenters. The maximum absolute atomic E-state index is 12.5. The van der Waals surface area contributed by atoms with E-state index in [0.29, 0.717) is 0 Å². The summed E-state index contributed by atoms with van der Waals surface area (Å²) in [4.78, 5) is 10.6. The molecule has 0 amide bonds. The van der Waals surface area contributed by atoms with Gasteiger partial charge in [-0.1, -0.05) is 0 Å². The van der Waals surface area contributed by atoms with Crippen molar-refractivity contribution in [3.63, 3.8) is 0 Å². The summed E-state index contributed by atoms with van der Waals surface area (Å²) in [7, 11) is 0. The standard InChI is InChI=1S/C7H5Cl2F2N3O/c8-4-12-5(9)14-6(13-4)15-2-3-1-7(3,10)11/h3H,1-2H2. The van der Waals surface area contributed by atoms with Gasteiger partial charge in [0.05, 0.1) is 5.92 Å². The molecule has 1 aromatic rings. The highest BCUT2D eigenvalue weighted by molar-refractivity contribution is 6.31. The number of halogens is 4. The Morgan fingerprint density at radius 1 is 1.27 bits per heavy atom. The van der Waals surface area contributed by atoms with Gasteiger partial charge in [0.25, 0.3) is 5.92 Å². The van der Waals surface area contributed by atoms with Gasteiger partial charge in [0.15, 0.2) is 0 Å². The van der Waals surface area contributed by atoms with Crippen molar-refractivity contribution in [2.75, 3.05) is 6.61 Å². The zero-order valence-corrected chi connectivity index (χ0v) is 8.77. The summed E-state index contributed by atoms with van der Waals surface area (Å²) >= 11 is 10.9. The molecular formula is C7H5Cl2F2N3O. The molecule has 1 atom stereocenters. The van der Waals surface area contributed by atoms with Crippen LogP contribution in [0.3, 0.4) is 0 Å². The molecule has 0 aromatic carbocycles. The Kier molecular flexibility index (Phi) is 2.64. The summed E-state index contributed by atoms with van der Waals surface area (Å²) in [6.45, 7) is -0.149. The highest BCUT2D eigenvalue weighted by Gasteiger charge is 2.57. The van der Waals surface area contributed by atoms with E-state index in [1.54, 1.807) is 0 Å². The van der Waals surface area contributed by atoms with Crippen molar-refractivity contribution in [1.29, 1.82) is 0 Å². The van der Waals surface area contributed by atoms with E-state index in [4.69, 9.17) is 27.9 Å². The minimum absolute atomic E-state index is 0.132. The maximum Gasteiger partial charge on any atom is 0.322 e. The molecule has 4 nitrogen and oxygen atoms in total. The van der Waals surface area contributed by atoms with Gasteiger partial charge >= 0.3 is 6.01 Å². The summed E-state index contributed by atoms with van der Waals surface area (Å²) in [5.74, 6) is -3.40. The third kappa shape index (κ3) is 2.63. The predicted molar refractivity (Wildman–Crippen MR) is 48.4 cm³/mol. The van der Waals surface area contributed by atoms with Crippen LogP contribution in [-0.4, -0.2) is 27.5 Å². The van der Waals surface area contributed by atoms with Crippen molar-refractivity contribution in [2.24, 2.45) is 5.92 Å². The number of alkyl halides is 2. The van der Waals surface area contributed by atoms with Gasteiger partial charge in [-0.05, 0) is 23.2 Å². The van der Waals surface area contributed by atoms with Crippen LogP contribution in [0, 0.1) is 5.92 Å². The first-order chi connectivity index (χ1) is 6.97. The van der Waals surface area contributed by atoms with E-state index in [1.165, 1.54) is 0 Å². The zero-order chi connectivity index (χ0) is 11.1. The Morgan fingerprint density at radius 2 is 1.80 bits per heavy atom. The highest BCUT2D eigenvalue weighted by Crippen LogP contribution is 2.48. The van der Waals surface area contributed by atoms with Crippen LogP contribution in [0.2, 0.25) is 10.6 Å². The molecule has 1 fully saturated rings. The van der Waals surface area contributed by atoms with Crippen LogP contribution < -0.4 is 4.74 Å². The molecule has 15 heavy (non-hydrogen) atoms. The van der Waals surface area contributed by atoms with Crippen LogP contribution in [0.1, 0.15) is 6.42 Å². The third-order valence-electron chi connectivity index (χ3n) is 1.93. The molecule has 1 aliphatic carbocycles. The smallest absolute Gasteiger partial charge is 0.322 e. The van der Waals surface area contributed by atoms with E-state index in [1.807, 2.05) is 0 Å². The molecule has 0 aliphatic heterocycles. The number of rotatable bonds is 3. The fourth-order valence-corrected chi connectivity index (χ4v) is 1.35. The second-order valence-corrected chi connectivity index (χ2v) is 3.81. The van der Waals surface area contributed by atoms with E-state index in [-0.39, 0.29) is 29.6 Å². The van der Waals surface area contributed by atoms with Crippen molar-refractivity contribution in [2.45, 2.75) is 12.3 Å². The monoisotopic (exact) mass is 255 g/mol. The van der Waals surface area contributed by atoms with Gasteiger partial charge < -0.3 is 4.74 Å². The van der Waals surface area contributed by atoms with E-state index in [9.17, 15) is 8.78 Å². The highest BCUT2D eigenvalue weighted by atomic mass is 35.5. The van der Waals surface area contributed by atoms with Crippen LogP contribution in [-0.2, 0) is 0 Å². The summed E-state index contributed by atoms with van der Waals surface area (Å²) in [6, 6.07) is -0.136. The van der Waals surface area contributed by atoms with Crippen molar-refractivity contribution in [3.05, 3.63) is 10.6 Å². The van der Waals surface area contributed by atoms with Gasteiger partial charge in [-0.15, -0.1) is 0 Å². The topological polar surface area (TPSA) is 47.9 Å².